The number of morpholine rings is 1. The highest BCUT2D eigenvalue weighted by atomic mass is 35.5. The summed E-state index contributed by atoms with van der Waals surface area (Å²) < 4.78 is 7.56. The van der Waals surface area contributed by atoms with Gasteiger partial charge < -0.3 is 14.6 Å². The van der Waals surface area contributed by atoms with E-state index in [4.69, 9.17) is 4.74 Å². The minimum absolute atomic E-state index is 0. The number of hydrogen-bond acceptors (Lipinski definition) is 4. The number of para-hydroxylation sites is 2. The zero-order chi connectivity index (χ0) is 14.7. The third kappa shape index (κ3) is 3.58. The molecule has 0 aliphatic carbocycles. The fourth-order valence-electron chi connectivity index (χ4n) is 2.62. The molecule has 22 heavy (non-hydrogen) atoms. The molecule has 6 nitrogen and oxygen atoms in total. The SMILES string of the molecule is CCn1c(NC(=O)CC2CNCCO2)nc2ccccc21.Cl. The quantitative estimate of drug-likeness (QED) is 0.900. The number of nitrogens with one attached hydrogen (secondary N) is 2. The van der Waals surface area contributed by atoms with Gasteiger partial charge in [0, 0.05) is 19.6 Å². The highest BCUT2D eigenvalue weighted by molar-refractivity contribution is 5.91. The highest BCUT2D eigenvalue weighted by Gasteiger charge is 2.19. The Morgan fingerprint density at radius 1 is 1.50 bits per heavy atom. The summed E-state index contributed by atoms with van der Waals surface area (Å²) in [6.07, 6.45) is 0.290. The molecule has 0 saturated carbocycles. The van der Waals surface area contributed by atoms with Crippen LogP contribution in [0.4, 0.5) is 5.95 Å². The maximum Gasteiger partial charge on any atom is 0.229 e. The first-order valence-corrected chi connectivity index (χ1v) is 7.35. The number of fused-ring (bicyclic) bond motifs is 1. The first-order valence-electron chi connectivity index (χ1n) is 7.35. The van der Waals surface area contributed by atoms with E-state index in [1.165, 1.54) is 0 Å². The van der Waals surface area contributed by atoms with Crippen LogP contribution in [-0.4, -0.2) is 41.3 Å². The van der Waals surface area contributed by atoms with Crippen molar-refractivity contribution in [1.82, 2.24) is 14.9 Å². The highest BCUT2D eigenvalue weighted by Crippen LogP contribution is 2.19. The summed E-state index contributed by atoms with van der Waals surface area (Å²) in [5.74, 6) is 0.543. The predicted octanol–water partition coefficient (Wildman–Crippen LogP) is 1.79. The third-order valence-corrected chi connectivity index (χ3v) is 3.64. The summed E-state index contributed by atoms with van der Waals surface area (Å²) in [6, 6.07) is 7.88. The number of amides is 1. The number of imidazole rings is 1. The number of carbonyl (C=O) groups excluding carboxylic acids is 1. The van der Waals surface area contributed by atoms with Gasteiger partial charge in [0.15, 0.2) is 0 Å². The van der Waals surface area contributed by atoms with Crippen molar-refractivity contribution in [2.75, 3.05) is 25.0 Å². The summed E-state index contributed by atoms with van der Waals surface area (Å²) in [7, 11) is 0. The average Bonchev–Trinajstić information content (AvgIpc) is 2.85. The summed E-state index contributed by atoms with van der Waals surface area (Å²) >= 11 is 0. The summed E-state index contributed by atoms with van der Waals surface area (Å²) in [6.45, 7) is 5.03. The molecule has 1 unspecified atom stereocenters. The zero-order valence-electron chi connectivity index (χ0n) is 12.5. The van der Waals surface area contributed by atoms with E-state index in [-0.39, 0.29) is 24.4 Å². The standard InChI is InChI=1S/C15H20N4O2.ClH/c1-2-19-13-6-4-3-5-12(13)17-15(19)18-14(20)9-11-10-16-7-8-21-11;/h3-6,11,16H,2,7-10H2,1H3,(H,17,18,20);1H. The molecule has 0 radical (unpaired) electrons. The van der Waals surface area contributed by atoms with Crippen LogP contribution in [0.1, 0.15) is 13.3 Å². The zero-order valence-corrected chi connectivity index (χ0v) is 13.4. The number of ether oxygens (including phenoxy) is 1. The van der Waals surface area contributed by atoms with E-state index in [2.05, 4.69) is 15.6 Å². The maximum atomic E-state index is 12.2. The van der Waals surface area contributed by atoms with Crippen LogP contribution in [0.15, 0.2) is 24.3 Å². The van der Waals surface area contributed by atoms with Crippen molar-refractivity contribution in [3.8, 4) is 0 Å². The Hall–Kier alpha value is -1.63. The van der Waals surface area contributed by atoms with Crippen LogP contribution in [0.5, 0.6) is 0 Å². The molecule has 1 aromatic carbocycles. The van der Waals surface area contributed by atoms with Crippen molar-refractivity contribution in [3.63, 3.8) is 0 Å². The molecule has 1 atom stereocenters. The number of aryl methyl sites for hydroxylation is 1. The Balaban J connectivity index is 0.00000176. The molecule has 1 saturated heterocycles. The van der Waals surface area contributed by atoms with Gasteiger partial charge in [-0.05, 0) is 19.1 Å². The van der Waals surface area contributed by atoms with Gasteiger partial charge in [0.2, 0.25) is 11.9 Å². The van der Waals surface area contributed by atoms with Crippen molar-refractivity contribution in [3.05, 3.63) is 24.3 Å². The molecular weight excluding hydrogens is 304 g/mol. The first-order chi connectivity index (χ1) is 10.3. The molecule has 1 aliphatic heterocycles. The Kier molecular flexibility index (Phi) is 5.76. The lowest BCUT2D eigenvalue weighted by Crippen LogP contribution is -2.40. The predicted molar refractivity (Wildman–Crippen MR) is 88.5 cm³/mol. The van der Waals surface area contributed by atoms with Gasteiger partial charge in [-0.3, -0.25) is 10.1 Å². The molecular formula is C15H21ClN4O2. The minimum atomic E-state index is -0.0614. The Bertz CT molecular complexity index is 638. The smallest absolute Gasteiger partial charge is 0.229 e. The molecule has 2 heterocycles. The lowest BCUT2D eigenvalue weighted by molar-refractivity contribution is -0.119. The monoisotopic (exact) mass is 324 g/mol. The van der Waals surface area contributed by atoms with Crippen LogP contribution in [0.3, 0.4) is 0 Å². The lowest BCUT2D eigenvalue weighted by Gasteiger charge is -2.22. The number of halogens is 1. The Morgan fingerprint density at radius 3 is 3.05 bits per heavy atom. The van der Waals surface area contributed by atoms with Crippen LogP contribution in [0.25, 0.3) is 11.0 Å². The number of nitrogens with zero attached hydrogens (tertiary/aromatic N) is 2. The number of carbonyl (C=O) groups is 1. The topological polar surface area (TPSA) is 68.2 Å². The van der Waals surface area contributed by atoms with Gasteiger partial charge in [0.05, 0.1) is 30.2 Å². The van der Waals surface area contributed by atoms with Crippen LogP contribution < -0.4 is 10.6 Å². The lowest BCUT2D eigenvalue weighted by atomic mass is 10.2. The maximum absolute atomic E-state index is 12.2. The van der Waals surface area contributed by atoms with Gasteiger partial charge in [-0.15, -0.1) is 12.4 Å². The third-order valence-electron chi connectivity index (χ3n) is 3.64. The number of hydrogen-bond donors (Lipinski definition) is 2. The molecule has 2 N–H and O–H groups in total. The summed E-state index contributed by atoms with van der Waals surface area (Å²) in [5, 5.41) is 6.13. The molecule has 1 aliphatic rings. The van der Waals surface area contributed by atoms with Gasteiger partial charge in [-0.2, -0.15) is 0 Å². The van der Waals surface area contributed by atoms with E-state index in [0.29, 0.717) is 19.0 Å². The molecule has 7 heteroatoms. The van der Waals surface area contributed by atoms with Crippen LogP contribution in [-0.2, 0) is 16.1 Å². The van der Waals surface area contributed by atoms with Crippen molar-refractivity contribution in [2.24, 2.45) is 0 Å². The van der Waals surface area contributed by atoms with Crippen LogP contribution >= 0.6 is 12.4 Å². The fraction of sp³-hybridized carbons (Fsp3) is 0.467. The minimum Gasteiger partial charge on any atom is -0.375 e. The van der Waals surface area contributed by atoms with E-state index in [9.17, 15) is 4.79 Å². The Labute approximate surface area is 135 Å². The van der Waals surface area contributed by atoms with Gasteiger partial charge in [0.1, 0.15) is 0 Å². The first kappa shape index (κ1) is 16.7. The number of anilines is 1. The largest absolute Gasteiger partial charge is 0.375 e. The van der Waals surface area contributed by atoms with Crippen molar-refractivity contribution in [1.29, 1.82) is 0 Å². The molecule has 2 aromatic rings. The second-order valence-corrected chi connectivity index (χ2v) is 5.12. The van der Waals surface area contributed by atoms with E-state index < -0.39 is 0 Å². The van der Waals surface area contributed by atoms with Gasteiger partial charge in [-0.1, -0.05) is 12.1 Å². The van der Waals surface area contributed by atoms with Crippen LogP contribution in [0.2, 0.25) is 0 Å². The fourth-order valence-corrected chi connectivity index (χ4v) is 2.62. The van der Waals surface area contributed by atoms with Crippen molar-refractivity contribution in [2.45, 2.75) is 26.0 Å². The van der Waals surface area contributed by atoms with E-state index >= 15 is 0 Å². The summed E-state index contributed by atoms with van der Waals surface area (Å²) in [5.41, 5.74) is 1.93. The normalized spacial score (nSPS) is 18.0. The molecule has 3 rings (SSSR count). The molecule has 0 bridgehead atoms. The Morgan fingerprint density at radius 2 is 2.32 bits per heavy atom. The van der Waals surface area contributed by atoms with Crippen LogP contribution in [0, 0.1) is 0 Å². The van der Waals surface area contributed by atoms with Crippen molar-refractivity contribution < 1.29 is 9.53 Å². The second kappa shape index (κ2) is 7.58. The number of rotatable bonds is 4. The summed E-state index contributed by atoms with van der Waals surface area (Å²) in [4.78, 5) is 16.6. The molecule has 0 spiro atoms. The van der Waals surface area contributed by atoms with Gasteiger partial charge in [0.25, 0.3) is 0 Å². The number of aromatic nitrogens is 2. The van der Waals surface area contributed by atoms with E-state index in [1.807, 2.05) is 35.8 Å². The van der Waals surface area contributed by atoms with Crippen molar-refractivity contribution >= 4 is 35.3 Å². The molecule has 1 aromatic heterocycles. The van der Waals surface area contributed by atoms with E-state index in [1.54, 1.807) is 0 Å². The second-order valence-electron chi connectivity index (χ2n) is 5.12. The molecule has 1 fully saturated rings. The van der Waals surface area contributed by atoms with Gasteiger partial charge in [-0.25, -0.2) is 4.98 Å². The average molecular weight is 325 g/mol. The molecule has 1 amide bonds. The van der Waals surface area contributed by atoms with Gasteiger partial charge >= 0.3 is 0 Å². The molecule has 120 valence electrons. The number of benzene rings is 1. The van der Waals surface area contributed by atoms with E-state index in [0.717, 1.165) is 30.7 Å².